The number of aromatic nitrogens is 1. The van der Waals surface area contributed by atoms with Crippen molar-refractivity contribution in [3.8, 4) is 5.75 Å². The fourth-order valence-corrected chi connectivity index (χ4v) is 1.75. The third-order valence-corrected chi connectivity index (χ3v) is 2.75. The maximum absolute atomic E-state index is 11.7. The number of halogens is 1. The zero-order valence-electron chi connectivity index (χ0n) is 10.7. The molecule has 1 N–H and O–H groups in total. The Labute approximate surface area is 121 Å². The molecule has 1 heterocycles. The molecule has 0 fully saturated rings. The lowest BCUT2D eigenvalue weighted by molar-refractivity contribution is 0.0950. The Balaban J connectivity index is 2.00. The standard InChI is InChI=1S/C14H12ClN3O2/c1-20-13-6-5-10(8-11(13)15)9-17-18-14(19)12-4-2-3-7-16-12/h2-9H,1H3,(H,18,19). The van der Waals surface area contributed by atoms with E-state index in [1.54, 1.807) is 49.7 Å². The molecule has 0 atom stereocenters. The highest BCUT2D eigenvalue weighted by Gasteiger charge is 2.04. The van der Waals surface area contributed by atoms with Crippen molar-refractivity contribution in [1.29, 1.82) is 0 Å². The van der Waals surface area contributed by atoms with E-state index in [4.69, 9.17) is 16.3 Å². The summed E-state index contributed by atoms with van der Waals surface area (Å²) in [6.07, 6.45) is 3.04. The molecule has 2 aromatic rings. The van der Waals surface area contributed by atoms with E-state index < -0.39 is 0 Å². The summed E-state index contributed by atoms with van der Waals surface area (Å²) in [6.45, 7) is 0. The minimum atomic E-state index is -0.374. The highest BCUT2D eigenvalue weighted by atomic mass is 35.5. The number of benzene rings is 1. The first kappa shape index (κ1) is 14.0. The van der Waals surface area contributed by atoms with Gasteiger partial charge >= 0.3 is 0 Å². The second-order valence-corrected chi connectivity index (χ2v) is 4.22. The lowest BCUT2D eigenvalue weighted by Crippen LogP contribution is -2.18. The number of amides is 1. The van der Waals surface area contributed by atoms with Crippen molar-refractivity contribution in [2.45, 2.75) is 0 Å². The number of methoxy groups -OCH3 is 1. The highest BCUT2D eigenvalue weighted by Crippen LogP contribution is 2.24. The summed E-state index contributed by atoms with van der Waals surface area (Å²) in [5, 5.41) is 4.33. The number of hydrogen-bond donors (Lipinski definition) is 1. The largest absolute Gasteiger partial charge is 0.495 e. The van der Waals surface area contributed by atoms with E-state index in [0.29, 0.717) is 16.5 Å². The van der Waals surface area contributed by atoms with Gasteiger partial charge in [-0.1, -0.05) is 17.7 Å². The molecule has 1 aromatic heterocycles. The van der Waals surface area contributed by atoms with Crippen molar-refractivity contribution in [2.75, 3.05) is 7.11 Å². The Morgan fingerprint density at radius 2 is 2.25 bits per heavy atom. The van der Waals surface area contributed by atoms with Gasteiger partial charge in [-0.15, -0.1) is 0 Å². The molecule has 20 heavy (non-hydrogen) atoms. The van der Waals surface area contributed by atoms with Crippen LogP contribution in [0.1, 0.15) is 16.1 Å². The number of nitrogens with one attached hydrogen (secondary N) is 1. The monoisotopic (exact) mass is 289 g/mol. The van der Waals surface area contributed by atoms with Gasteiger partial charge in [-0.2, -0.15) is 5.10 Å². The lowest BCUT2D eigenvalue weighted by Gasteiger charge is -2.03. The second kappa shape index (κ2) is 6.68. The van der Waals surface area contributed by atoms with Crippen LogP contribution in [0.3, 0.4) is 0 Å². The van der Waals surface area contributed by atoms with Gasteiger partial charge in [-0.25, -0.2) is 5.43 Å². The molecule has 1 amide bonds. The van der Waals surface area contributed by atoms with Crippen LogP contribution in [0.5, 0.6) is 5.75 Å². The van der Waals surface area contributed by atoms with Crippen LogP contribution in [-0.4, -0.2) is 24.2 Å². The summed E-state index contributed by atoms with van der Waals surface area (Å²) in [6, 6.07) is 10.3. The zero-order chi connectivity index (χ0) is 14.4. The van der Waals surface area contributed by atoms with Crippen molar-refractivity contribution in [3.05, 3.63) is 58.9 Å². The fourth-order valence-electron chi connectivity index (χ4n) is 1.48. The topological polar surface area (TPSA) is 63.6 Å². The van der Waals surface area contributed by atoms with Gasteiger partial charge in [0.15, 0.2) is 0 Å². The average molecular weight is 290 g/mol. The Morgan fingerprint density at radius 3 is 2.90 bits per heavy atom. The molecule has 2 rings (SSSR count). The predicted molar refractivity (Wildman–Crippen MR) is 77.3 cm³/mol. The number of pyridine rings is 1. The Hall–Kier alpha value is -2.40. The molecule has 0 aliphatic heterocycles. The molecule has 102 valence electrons. The maximum Gasteiger partial charge on any atom is 0.289 e. The molecule has 0 bridgehead atoms. The third kappa shape index (κ3) is 3.55. The van der Waals surface area contributed by atoms with Crippen molar-refractivity contribution >= 4 is 23.7 Å². The Kier molecular flexibility index (Phi) is 4.68. The molecule has 5 nitrogen and oxygen atoms in total. The average Bonchev–Trinajstić information content (AvgIpc) is 2.48. The maximum atomic E-state index is 11.7. The number of nitrogens with zero attached hydrogens (tertiary/aromatic N) is 2. The van der Waals surface area contributed by atoms with Crippen molar-refractivity contribution in [2.24, 2.45) is 5.10 Å². The molecular formula is C14H12ClN3O2. The van der Waals surface area contributed by atoms with Crippen molar-refractivity contribution in [1.82, 2.24) is 10.4 Å². The number of ether oxygens (including phenoxy) is 1. The number of carbonyl (C=O) groups excluding carboxylic acids is 1. The molecule has 0 aliphatic carbocycles. The van der Waals surface area contributed by atoms with Crippen LogP contribution in [0, 0.1) is 0 Å². The molecule has 1 aromatic carbocycles. The number of hydrazone groups is 1. The quantitative estimate of drug-likeness (QED) is 0.695. The van der Waals surface area contributed by atoms with Crippen LogP contribution in [-0.2, 0) is 0 Å². The van der Waals surface area contributed by atoms with Crippen LogP contribution in [0.25, 0.3) is 0 Å². The van der Waals surface area contributed by atoms with Gasteiger partial charge in [0.25, 0.3) is 5.91 Å². The summed E-state index contributed by atoms with van der Waals surface area (Å²) in [7, 11) is 1.54. The van der Waals surface area contributed by atoms with Crippen LogP contribution >= 0.6 is 11.6 Å². The van der Waals surface area contributed by atoms with E-state index >= 15 is 0 Å². The van der Waals surface area contributed by atoms with Gasteiger partial charge in [0.1, 0.15) is 11.4 Å². The minimum absolute atomic E-state index is 0.303. The van der Waals surface area contributed by atoms with Gasteiger partial charge < -0.3 is 4.74 Å². The molecule has 0 spiro atoms. The van der Waals surface area contributed by atoms with Gasteiger partial charge in [-0.05, 0) is 35.9 Å². The number of hydrogen-bond acceptors (Lipinski definition) is 4. The minimum Gasteiger partial charge on any atom is -0.495 e. The number of rotatable bonds is 4. The zero-order valence-corrected chi connectivity index (χ0v) is 11.5. The summed E-state index contributed by atoms with van der Waals surface area (Å²) in [5.41, 5.74) is 3.44. The van der Waals surface area contributed by atoms with Crippen LogP contribution in [0.2, 0.25) is 5.02 Å². The first-order valence-corrected chi connectivity index (χ1v) is 6.16. The second-order valence-electron chi connectivity index (χ2n) is 3.81. The molecule has 0 saturated carbocycles. The van der Waals surface area contributed by atoms with E-state index in [1.807, 2.05) is 0 Å². The molecule has 0 saturated heterocycles. The van der Waals surface area contributed by atoms with Crippen LogP contribution in [0.4, 0.5) is 0 Å². The first-order chi connectivity index (χ1) is 9.70. The summed E-state index contributed by atoms with van der Waals surface area (Å²) in [4.78, 5) is 15.6. The molecule has 6 heteroatoms. The fraction of sp³-hybridized carbons (Fsp3) is 0.0714. The summed E-state index contributed by atoms with van der Waals surface area (Å²) in [5.74, 6) is 0.211. The van der Waals surface area contributed by atoms with Crippen LogP contribution in [0.15, 0.2) is 47.7 Å². The molecule has 0 aliphatic rings. The Bertz CT molecular complexity index is 630. The van der Waals surface area contributed by atoms with E-state index in [9.17, 15) is 4.79 Å². The van der Waals surface area contributed by atoms with Crippen LogP contribution < -0.4 is 10.2 Å². The van der Waals surface area contributed by atoms with E-state index in [-0.39, 0.29) is 5.91 Å². The predicted octanol–water partition coefficient (Wildman–Crippen LogP) is 2.51. The molecule has 0 radical (unpaired) electrons. The molecule has 0 unspecified atom stereocenters. The third-order valence-electron chi connectivity index (χ3n) is 2.45. The van der Waals surface area contributed by atoms with Gasteiger partial charge in [0.05, 0.1) is 18.3 Å². The number of carbonyl (C=O) groups is 1. The first-order valence-electron chi connectivity index (χ1n) is 5.78. The molecular weight excluding hydrogens is 278 g/mol. The Morgan fingerprint density at radius 1 is 1.40 bits per heavy atom. The summed E-state index contributed by atoms with van der Waals surface area (Å²) >= 11 is 5.98. The van der Waals surface area contributed by atoms with Gasteiger partial charge in [0.2, 0.25) is 0 Å². The van der Waals surface area contributed by atoms with Gasteiger partial charge in [-0.3, -0.25) is 9.78 Å². The normalized spacial score (nSPS) is 10.5. The van der Waals surface area contributed by atoms with E-state index in [1.165, 1.54) is 6.21 Å². The lowest BCUT2D eigenvalue weighted by atomic mass is 10.2. The summed E-state index contributed by atoms with van der Waals surface area (Å²) < 4.78 is 5.05. The van der Waals surface area contributed by atoms with Gasteiger partial charge in [0, 0.05) is 6.20 Å². The van der Waals surface area contributed by atoms with E-state index in [0.717, 1.165) is 5.56 Å². The van der Waals surface area contributed by atoms with E-state index in [2.05, 4.69) is 15.5 Å². The smallest absolute Gasteiger partial charge is 0.289 e. The van der Waals surface area contributed by atoms with Crippen molar-refractivity contribution < 1.29 is 9.53 Å². The SMILES string of the molecule is COc1ccc(C=NNC(=O)c2ccccn2)cc1Cl. The highest BCUT2D eigenvalue weighted by molar-refractivity contribution is 6.32. The van der Waals surface area contributed by atoms with Crippen molar-refractivity contribution in [3.63, 3.8) is 0 Å².